The number of carbonyl (C=O) groups is 1. The van der Waals surface area contributed by atoms with Crippen LogP contribution in [0.1, 0.15) is 30.0 Å². The lowest BCUT2D eigenvalue weighted by molar-refractivity contribution is 0.0367. The van der Waals surface area contributed by atoms with Crippen molar-refractivity contribution < 1.29 is 18.7 Å². The van der Waals surface area contributed by atoms with E-state index in [2.05, 4.69) is 10.6 Å². The summed E-state index contributed by atoms with van der Waals surface area (Å²) in [6, 6.07) is 15.6. The lowest BCUT2D eigenvalue weighted by Crippen LogP contribution is -2.44. The van der Waals surface area contributed by atoms with Gasteiger partial charge in [-0.15, -0.1) is 0 Å². The van der Waals surface area contributed by atoms with Crippen molar-refractivity contribution in [1.82, 2.24) is 10.6 Å². The van der Waals surface area contributed by atoms with E-state index in [0.29, 0.717) is 11.5 Å². The van der Waals surface area contributed by atoms with Gasteiger partial charge in [0.2, 0.25) is 0 Å². The van der Waals surface area contributed by atoms with E-state index in [4.69, 9.17) is 8.83 Å². The maximum Gasteiger partial charge on any atom is 0.315 e. The predicted octanol–water partition coefficient (Wildman–Crippen LogP) is 3.17. The molecule has 0 spiro atoms. The first-order chi connectivity index (χ1) is 12.1. The van der Waals surface area contributed by atoms with Crippen molar-refractivity contribution in [3.05, 3.63) is 84.2 Å². The maximum atomic E-state index is 12.3. The Kier molecular flexibility index (Phi) is 4.90. The third-order valence-electron chi connectivity index (χ3n) is 3.88. The van der Waals surface area contributed by atoms with E-state index in [1.807, 2.05) is 30.3 Å². The first-order valence-corrected chi connectivity index (χ1v) is 7.95. The highest BCUT2D eigenvalue weighted by Gasteiger charge is 2.27. The summed E-state index contributed by atoms with van der Waals surface area (Å²) >= 11 is 0. The van der Waals surface area contributed by atoms with Gasteiger partial charge in [-0.05, 0) is 36.8 Å². The molecule has 2 aromatic heterocycles. The number of hydrogen-bond donors (Lipinski definition) is 3. The summed E-state index contributed by atoms with van der Waals surface area (Å²) in [5.74, 6) is 1.01. The van der Waals surface area contributed by atoms with E-state index < -0.39 is 17.7 Å². The summed E-state index contributed by atoms with van der Waals surface area (Å²) < 4.78 is 10.7. The van der Waals surface area contributed by atoms with Crippen molar-refractivity contribution in [2.75, 3.05) is 6.54 Å². The van der Waals surface area contributed by atoms with Crippen LogP contribution in [0.3, 0.4) is 0 Å². The molecule has 3 N–H and O–H groups in total. The van der Waals surface area contributed by atoms with Crippen LogP contribution in [0, 0.1) is 0 Å². The van der Waals surface area contributed by atoms with Gasteiger partial charge in [-0.1, -0.05) is 30.3 Å². The molecule has 2 unspecified atom stereocenters. The Morgan fingerprint density at radius 1 is 1.08 bits per heavy atom. The van der Waals surface area contributed by atoms with Crippen LogP contribution in [0.25, 0.3) is 0 Å². The van der Waals surface area contributed by atoms with Crippen molar-refractivity contribution in [2.45, 2.75) is 18.6 Å². The van der Waals surface area contributed by atoms with Crippen LogP contribution in [0.4, 0.5) is 4.79 Å². The van der Waals surface area contributed by atoms with Crippen LogP contribution in [0.5, 0.6) is 0 Å². The summed E-state index contributed by atoms with van der Waals surface area (Å²) in [5, 5.41) is 15.9. The van der Waals surface area contributed by atoms with Gasteiger partial charge in [-0.3, -0.25) is 0 Å². The number of amides is 2. The highest BCUT2D eigenvalue weighted by atomic mass is 16.4. The molecule has 2 amide bonds. The van der Waals surface area contributed by atoms with Gasteiger partial charge in [0.1, 0.15) is 23.2 Å². The van der Waals surface area contributed by atoms with Crippen LogP contribution in [-0.2, 0) is 5.60 Å². The monoisotopic (exact) mass is 340 g/mol. The first kappa shape index (κ1) is 16.9. The summed E-state index contributed by atoms with van der Waals surface area (Å²) in [5.41, 5.74) is -0.404. The Morgan fingerprint density at radius 3 is 2.44 bits per heavy atom. The molecule has 6 nitrogen and oxygen atoms in total. The molecule has 0 bridgehead atoms. The molecule has 130 valence electrons. The molecule has 0 saturated heterocycles. The molecule has 0 radical (unpaired) electrons. The largest absolute Gasteiger partial charge is 0.467 e. The van der Waals surface area contributed by atoms with Gasteiger partial charge in [-0.2, -0.15) is 0 Å². The maximum absolute atomic E-state index is 12.3. The molecular formula is C19H20N2O4. The number of rotatable bonds is 6. The van der Waals surface area contributed by atoms with Gasteiger partial charge in [0.05, 0.1) is 19.1 Å². The number of nitrogens with one attached hydrogen (secondary N) is 2. The van der Waals surface area contributed by atoms with E-state index in [-0.39, 0.29) is 6.54 Å². The fraction of sp³-hybridized carbons (Fsp3) is 0.211. The minimum atomic E-state index is -1.30. The summed E-state index contributed by atoms with van der Waals surface area (Å²) in [6.07, 6.45) is 3.04. The smallest absolute Gasteiger partial charge is 0.315 e. The number of furan rings is 2. The van der Waals surface area contributed by atoms with E-state index >= 15 is 0 Å². The van der Waals surface area contributed by atoms with Gasteiger partial charge in [0.25, 0.3) is 0 Å². The van der Waals surface area contributed by atoms with Gasteiger partial charge in [0.15, 0.2) is 0 Å². The average molecular weight is 340 g/mol. The van der Waals surface area contributed by atoms with Crippen LogP contribution in [0.2, 0.25) is 0 Å². The molecule has 0 aliphatic rings. The van der Waals surface area contributed by atoms with Gasteiger partial charge in [-0.25, -0.2) is 4.79 Å². The second-order valence-electron chi connectivity index (χ2n) is 5.94. The molecule has 3 aromatic rings. The fourth-order valence-corrected chi connectivity index (χ4v) is 2.53. The molecular weight excluding hydrogens is 320 g/mol. The van der Waals surface area contributed by atoms with Crippen LogP contribution in [-0.4, -0.2) is 17.7 Å². The Bertz CT molecular complexity index is 780. The Balaban J connectivity index is 1.67. The molecule has 0 aliphatic carbocycles. The molecule has 6 heteroatoms. The summed E-state index contributed by atoms with van der Waals surface area (Å²) in [7, 11) is 0. The Morgan fingerprint density at radius 2 is 1.80 bits per heavy atom. The SMILES string of the molecule is CC(O)(CNC(=O)NC(c1ccccc1)c1ccco1)c1ccco1. The molecule has 2 atom stereocenters. The van der Waals surface area contributed by atoms with Gasteiger partial charge < -0.3 is 24.6 Å². The zero-order valence-electron chi connectivity index (χ0n) is 13.8. The minimum absolute atomic E-state index is 0.00596. The van der Waals surface area contributed by atoms with Crippen LogP contribution in [0.15, 0.2) is 76.0 Å². The summed E-state index contributed by atoms with van der Waals surface area (Å²) in [4.78, 5) is 12.3. The van der Waals surface area contributed by atoms with Crippen molar-refractivity contribution in [3.63, 3.8) is 0 Å². The molecule has 3 rings (SSSR count). The molecule has 0 fully saturated rings. The second-order valence-corrected chi connectivity index (χ2v) is 5.94. The van der Waals surface area contributed by atoms with E-state index in [1.165, 1.54) is 6.26 Å². The highest BCUT2D eigenvalue weighted by molar-refractivity contribution is 5.75. The normalized spacial score (nSPS) is 14.5. The molecule has 2 heterocycles. The number of aliphatic hydroxyl groups is 1. The van der Waals surface area contributed by atoms with Crippen LogP contribution >= 0.6 is 0 Å². The van der Waals surface area contributed by atoms with E-state index in [1.54, 1.807) is 37.5 Å². The number of hydrogen-bond acceptors (Lipinski definition) is 4. The quantitative estimate of drug-likeness (QED) is 0.643. The lowest BCUT2D eigenvalue weighted by atomic mass is 10.0. The van der Waals surface area contributed by atoms with E-state index in [0.717, 1.165) is 5.56 Å². The molecule has 0 aliphatic heterocycles. The van der Waals surface area contributed by atoms with Gasteiger partial charge in [0, 0.05) is 0 Å². The molecule has 0 saturated carbocycles. The third kappa shape index (κ3) is 4.10. The number of urea groups is 1. The zero-order valence-corrected chi connectivity index (χ0v) is 13.8. The van der Waals surface area contributed by atoms with Crippen molar-refractivity contribution in [3.8, 4) is 0 Å². The van der Waals surface area contributed by atoms with E-state index in [9.17, 15) is 9.90 Å². The first-order valence-electron chi connectivity index (χ1n) is 7.95. The topological polar surface area (TPSA) is 87.6 Å². The third-order valence-corrected chi connectivity index (χ3v) is 3.88. The lowest BCUT2D eigenvalue weighted by Gasteiger charge is -2.23. The second kappa shape index (κ2) is 7.27. The Labute approximate surface area is 145 Å². The minimum Gasteiger partial charge on any atom is -0.467 e. The number of carbonyl (C=O) groups excluding carboxylic acids is 1. The highest BCUT2D eigenvalue weighted by Crippen LogP contribution is 2.23. The van der Waals surface area contributed by atoms with Crippen LogP contribution < -0.4 is 10.6 Å². The molecule has 1 aromatic carbocycles. The van der Waals surface area contributed by atoms with Gasteiger partial charge >= 0.3 is 6.03 Å². The summed E-state index contributed by atoms with van der Waals surface area (Å²) in [6.45, 7) is 1.58. The Hall–Kier alpha value is -2.99. The van der Waals surface area contributed by atoms with Crippen molar-refractivity contribution in [1.29, 1.82) is 0 Å². The fourth-order valence-electron chi connectivity index (χ4n) is 2.53. The zero-order chi connectivity index (χ0) is 17.7. The van der Waals surface area contributed by atoms with Crippen molar-refractivity contribution >= 4 is 6.03 Å². The predicted molar refractivity (Wildman–Crippen MR) is 91.8 cm³/mol. The average Bonchev–Trinajstić information content (AvgIpc) is 3.32. The molecule has 25 heavy (non-hydrogen) atoms. The standard InChI is InChI=1S/C19H20N2O4/c1-19(23,16-10-6-12-25-16)13-20-18(22)21-17(15-9-5-11-24-15)14-7-3-2-4-8-14/h2-12,17,23H,13H2,1H3,(H2,20,21,22). The number of benzene rings is 1. The van der Waals surface area contributed by atoms with Crippen molar-refractivity contribution in [2.24, 2.45) is 0 Å².